The molecule has 0 atom stereocenters. The van der Waals surface area contributed by atoms with Crippen LogP contribution in [0.4, 0.5) is 0 Å². The van der Waals surface area contributed by atoms with Gasteiger partial charge in [0.05, 0.1) is 29.9 Å². The molecule has 0 aliphatic heterocycles. The second-order valence-corrected chi connectivity index (χ2v) is 7.53. The zero-order valence-corrected chi connectivity index (χ0v) is 17.6. The fourth-order valence-corrected chi connectivity index (χ4v) is 3.66. The van der Waals surface area contributed by atoms with E-state index in [9.17, 15) is 9.59 Å². The molecule has 3 heterocycles. The molecule has 33 heavy (non-hydrogen) atoms. The van der Waals surface area contributed by atoms with E-state index in [1.807, 2.05) is 60.7 Å². The van der Waals surface area contributed by atoms with Crippen LogP contribution in [-0.2, 0) is 13.1 Å². The summed E-state index contributed by atoms with van der Waals surface area (Å²) in [6.07, 6.45) is 3.38. The summed E-state index contributed by atoms with van der Waals surface area (Å²) in [6, 6.07) is 22.3. The molecule has 0 bridgehead atoms. The van der Waals surface area contributed by atoms with Crippen LogP contribution in [0.2, 0.25) is 0 Å². The third-order valence-corrected chi connectivity index (χ3v) is 5.31. The zero-order chi connectivity index (χ0) is 22.6. The Labute approximate surface area is 188 Å². The van der Waals surface area contributed by atoms with Crippen LogP contribution in [0.3, 0.4) is 0 Å². The topological polar surface area (TPSA) is 106 Å². The third kappa shape index (κ3) is 4.27. The molecule has 0 saturated carbocycles. The van der Waals surface area contributed by atoms with Crippen LogP contribution in [0.25, 0.3) is 22.0 Å². The summed E-state index contributed by atoms with van der Waals surface area (Å²) in [4.78, 5) is 29.8. The number of carbonyl (C=O) groups excluding carboxylic acids is 1. The third-order valence-electron chi connectivity index (χ3n) is 5.31. The van der Waals surface area contributed by atoms with Gasteiger partial charge < -0.3 is 5.32 Å². The van der Waals surface area contributed by atoms with Crippen molar-refractivity contribution in [2.24, 2.45) is 0 Å². The Morgan fingerprint density at radius 2 is 1.76 bits per heavy atom. The minimum absolute atomic E-state index is 0.159. The molecule has 162 valence electrons. The fraction of sp³-hybridized carbons (Fsp3) is 0.0800. The first-order valence-corrected chi connectivity index (χ1v) is 10.5. The highest BCUT2D eigenvalue weighted by Crippen LogP contribution is 2.17. The first-order chi connectivity index (χ1) is 16.2. The number of fused-ring (bicyclic) bond motifs is 1. The van der Waals surface area contributed by atoms with Gasteiger partial charge in [0.1, 0.15) is 5.69 Å². The van der Waals surface area contributed by atoms with E-state index < -0.39 is 0 Å². The van der Waals surface area contributed by atoms with Crippen LogP contribution in [0.5, 0.6) is 0 Å². The first kappa shape index (κ1) is 20.3. The Morgan fingerprint density at radius 1 is 0.970 bits per heavy atom. The molecule has 8 heteroatoms. The molecule has 5 rings (SSSR count). The molecule has 0 fully saturated rings. The highest BCUT2D eigenvalue weighted by molar-refractivity contribution is 5.93. The Hall–Kier alpha value is -4.59. The molecule has 0 radical (unpaired) electrons. The number of H-pyrrole nitrogens is 1. The van der Waals surface area contributed by atoms with E-state index >= 15 is 0 Å². The largest absolute Gasteiger partial charge is 0.345 e. The van der Waals surface area contributed by atoms with Gasteiger partial charge in [-0.2, -0.15) is 10.2 Å². The zero-order valence-electron chi connectivity index (χ0n) is 17.6. The smallest absolute Gasteiger partial charge is 0.274 e. The normalized spacial score (nSPS) is 10.9. The molecule has 8 nitrogen and oxygen atoms in total. The number of amides is 1. The van der Waals surface area contributed by atoms with Crippen molar-refractivity contribution in [2.75, 3.05) is 0 Å². The van der Waals surface area contributed by atoms with Crippen molar-refractivity contribution in [1.82, 2.24) is 30.3 Å². The van der Waals surface area contributed by atoms with E-state index in [0.29, 0.717) is 34.4 Å². The molecule has 5 aromatic rings. The maximum Gasteiger partial charge on any atom is 0.274 e. The second-order valence-electron chi connectivity index (χ2n) is 7.53. The lowest BCUT2D eigenvalue weighted by Crippen LogP contribution is -2.29. The van der Waals surface area contributed by atoms with E-state index in [2.05, 4.69) is 25.6 Å². The Morgan fingerprint density at radius 3 is 2.55 bits per heavy atom. The Balaban J connectivity index is 1.40. The SMILES string of the molecule is O=C(NCc1nn(Cc2cccnc2)c(=O)c2ccccc12)c1cc(-c2ccccc2)n[nH]1. The fourth-order valence-electron chi connectivity index (χ4n) is 3.66. The summed E-state index contributed by atoms with van der Waals surface area (Å²) in [5.41, 5.74) is 3.23. The molecule has 2 N–H and O–H groups in total. The minimum Gasteiger partial charge on any atom is -0.345 e. The lowest BCUT2D eigenvalue weighted by atomic mass is 10.1. The van der Waals surface area contributed by atoms with Crippen molar-refractivity contribution in [1.29, 1.82) is 0 Å². The summed E-state index contributed by atoms with van der Waals surface area (Å²) in [5.74, 6) is -0.305. The quantitative estimate of drug-likeness (QED) is 0.425. The van der Waals surface area contributed by atoms with Crippen molar-refractivity contribution in [3.8, 4) is 11.3 Å². The van der Waals surface area contributed by atoms with Gasteiger partial charge in [-0.1, -0.05) is 54.6 Å². The van der Waals surface area contributed by atoms with Gasteiger partial charge in [0, 0.05) is 23.3 Å². The van der Waals surface area contributed by atoms with Gasteiger partial charge in [0.25, 0.3) is 11.5 Å². The van der Waals surface area contributed by atoms with Gasteiger partial charge in [0.15, 0.2) is 0 Å². The number of carbonyl (C=O) groups is 1. The van der Waals surface area contributed by atoms with Crippen LogP contribution in [0, 0.1) is 0 Å². The lowest BCUT2D eigenvalue weighted by molar-refractivity contribution is 0.0945. The van der Waals surface area contributed by atoms with Crippen LogP contribution in [0.1, 0.15) is 21.7 Å². The van der Waals surface area contributed by atoms with E-state index in [1.54, 1.807) is 24.5 Å². The van der Waals surface area contributed by atoms with Gasteiger partial charge in [-0.25, -0.2) is 4.68 Å². The Kier molecular flexibility index (Phi) is 5.47. The molecule has 0 aliphatic carbocycles. The molecular weight excluding hydrogens is 416 g/mol. The van der Waals surface area contributed by atoms with E-state index in [-0.39, 0.29) is 18.0 Å². The number of nitrogens with zero attached hydrogens (tertiary/aromatic N) is 4. The van der Waals surface area contributed by atoms with Crippen molar-refractivity contribution >= 4 is 16.7 Å². The summed E-state index contributed by atoms with van der Waals surface area (Å²) in [7, 11) is 0. The number of aromatic nitrogens is 5. The molecule has 0 spiro atoms. The molecule has 0 unspecified atom stereocenters. The molecule has 0 saturated heterocycles. The number of pyridine rings is 1. The van der Waals surface area contributed by atoms with E-state index in [4.69, 9.17) is 0 Å². The molecule has 3 aromatic heterocycles. The van der Waals surface area contributed by atoms with Crippen LogP contribution in [0.15, 0.2) is 90.0 Å². The molecule has 2 aromatic carbocycles. The number of nitrogens with one attached hydrogen (secondary N) is 2. The summed E-state index contributed by atoms with van der Waals surface area (Å²) in [6.45, 7) is 0.450. The first-order valence-electron chi connectivity index (χ1n) is 10.5. The standard InChI is InChI=1S/C25H20N6O2/c32-24(22-13-21(28-29-22)18-8-2-1-3-9-18)27-15-23-19-10-4-5-11-20(19)25(33)31(30-23)16-17-7-6-12-26-14-17/h1-14H,15-16H2,(H,27,32)(H,28,29). The highest BCUT2D eigenvalue weighted by Gasteiger charge is 2.14. The average Bonchev–Trinajstić information content (AvgIpc) is 3.37. The van der Waals surface area contributed by atoms with E-state index in [0.717, 1.165) is 11.1 Å². The van der Waals surface area contributed by atoms with Gasteiger partial charge in [-0.3, -0.25) is 19.7 Å². The number of hydrogen-bond donors (Lipinski definition) is 2. The number of benzene rings is 2. The minimum atomic E-state index is -0.305. The lowest BCUT2D eigenvalue weighted by Gasteiger charge is -2.11. The summed E-state index contributed by atoms with van der Waals surface area (Å²) < 4.78 is 1.41. The van der Waals surface area contributed by atoms with Gasteiger partial charge >= 0.3 is 0 Å². The summed E-state index contributed by atoms with van der Waals surface area (Å²) in [5, 5.41) is 15.7. The molecular formula is C25H20N6O2. The Bertz CT molecular complexity index is 1480. The number of hydrogen-bond acceptors (Lipinski definition) is 5. The van der Waals surface area contributed by atoms with Gasteiger partial charge in [-0.05, 0) is 23.8 Å². The predicted molar refractivity (Wildman–Crippen MR) is 125 cm³/mol. The van der Waals surface area contributed by atoms with Crippen molar-refractivity contribution in [3.63, 3.8) is 0 Å². The summed E-state index contributed by atoms with van der Waals surface area (Å²) >= 11 is 0. The number of rotatable bonds is 6. The average molecular weight is 436 g/mol. The second kappa shape index (κ2) is 8.88. The van der Waals surface area contributed by atoms with E-state index in [1.165, 1.54) is 4.68 Å². The maximum absolute atomic E-state index is 13.0. The van der Waals surface area contributed by atoms with Crippen molar-refractivity contribution in [3.05, 3.63) is 112 Å². The predicted octanol–water partition coefficient (Wildman–Crippen LogP) is 3.16. The van der Waals surface area contributed by atoms with Crippen LogP contribution < -0.4 is 10.9 Å². The molecule has 0 aliphatic rings. The maximum atomic E-state index is 13.0. The highest BCUT2D eigenvalue weighted by atomic mass is 16.2. The number of aromatic amines is 1. The van der Waals surface area contributed by atoms with Crippen molar-refractivity contribution < 1.29 is 4.79 Å². The van der Waals surface area contributed by atoms with Crippen LogP contribution >= 0.6 is 0 Å². The van der Waals surface area contributed by atoms with Crippen LogP contribution in [-0.4, -0.2) is 30.9 Å². The van der Waals surface area contributed by atoms with Gasteiger partial charge in [-0.15, -0.1) is 0 Å². The molecule has 1 amide bonds. The monoisotopic (exact) mass is 436 g/mol. The van der Waals surface area contributed by atoms with Crippen molar-refractivity contribution in [2.45, 2.75) is 13.1 Å². The van der Waals surface area contributed by atoms with Gasteiger partial charge in [0.2, 0.25) is 0 Å².